The molecule has 5 aromatic rings. The average molecular weight is 624 g/mol. The van der Waals surface area contributed by atoms with Crippen molar-refractivity contribution in [3.8, 4) is 28.7 Å². The van der Waals surface area contributed by atoms with Crippen molar-refractivity contribution in [3.63, 3.8) is 0 Å². The number of hydrogen-bond donors (Lipinski definition) is 0. The van der Waals surface area contributed by atoms with Gasteiger partial charge in [0.1, 0.15) is 19.0 Å². The summed E-state index contributed by atoms with van der Waals surface area (Å²) in [6.07, 6.45) is 0. The molecule has 0 radical (unpaired) electrons. The van der Waals surface area contributed by atoms with Gasteiger partial charge in [0.25, 0.3) is 0 Å². The normalized spacial score (nSPS) is 15.3. The van der Waals surface area contributed by atoms with Gasteiger partial charge in [0.2, 0.25) is 26.6 Å². The van der Waals surface area contributed by atoms with Crippen LogP contribution in [0, 0.1) is 0 Å². The molecule has 45 heavy (non-hydrogen) atoms. The van der Waals surface area contributed by atoms with Gasteiger partial charge in [-0.15, -0.1) is 0 Å². The van der Waals surface area contributed by atoms with Gasteiger partial charge in [-0.25, -0.2) is 8.42 Å². The summed E-state index contributed by atoms with van der Waals surface area (Å²) < 4.78 is 51.5. The number of aromatic nitrogens is 1. The van der Waals surface area contributed by atoms with Gasteiger partial charge in [-0.05, 0) is 41.5 Å². The van der Waals surface area contributed by atoms with E-state index in [4.69, 9.17) is 18.6 Å². The van der Waals surface area contributed by atoms with E-state index in [-0.39, 0.29) is 27.7 Å². The zero-order valence-corrected chi connectivity index (χ0v) is 25.7. The fourth-order valence-corrected chi connectivity index (χ4v) is 7.26. The number of hydrogen-bond acceptors (Lipinski definition) is 9. The highest BCUT2D eigenvalue weighted by atomic mass is 32.2. The van der Waals surface area contributed by atoms with E-state index in [9.17, 15) is 8.42 Å². The lowest BCUT2D eigenvalue weighted by Crippen LogP contribution is -2.48. The smallest absolute Gasteiger partial charge is 0.236 e. The van der Waals surface area contributed by atoms with Gasteiger partial charge < -0.3 is 23.5 Å². The Morgan fingerprint density at radius 2 is 1.42 bits per heavy atom. The number of sulfone groups is 1. The SMILES string of the molecule is COc1cccc(-c2nc(S(=O)(=O)c3ccc4c(c3)OCCO4)c(N3CCN(C(c4ccccc4)c4ccccc4)CC3)o2)c1. The number of methoxy groups -OCH3 is 1. The summed E-state index contributed by atoms with van der Waals surface area (Å²) in [5, 5.41) is -0.131. The van der Waals surface area contributed by atoms with Crippen LogP contribution in [0.4, 0.5) is 5.88 Å². The predicted octanol–water partition coefficient (Wildman–Crippen LogP) is 5.87. The molecule has 0 bridgehead atoms. The quantitative estimate of drug-likeness (QED) is 0.211. The number of rotatable bonds is 8. The fourth-order valence-electron chi connectivity index (χ4n) is 5.92. The largest absolute Gasteiger partial charge is 0.497 e. The van der Waals surface area contributed by atoms with E-state index in [0.29, 0.717) is 62.2 Å². The highest BCUT2D eigenvalue weighted by Gasteiger charge is 2.35. The van der Waals surface area contributed by atoms with Crippen LogP contribution in [0.15, 0.2) is 117 Å². The lowest BCUT2D eigenvalue weighted by molar-refractivity contribution is 0.171. The minimum Gasteiger partial charge on any atom is -0.497 e. The summed E-state index contributed by atoms with van der Waals surface area (Å²) in [7, 11) is -2.52. The molecule has 0 unspecified atom stereocenters. The Kier molecular flexibility index (Phi) is 7.91. The summed E-state index contributed by atoms with van der Waals surface area (Å²) in [6, 6.07) is 32.8. The third-order valence-electron chi connectivity index (χ3n) is 8.17. The van der Waals surface area contributed by atoms with Crippen LogP contribution in [0.2, 0.25) is 0 Å². The Labute approximate surface area is 262 Å². The molecule has 1 aromatic heterocycles. The Morgan fingerprint density at radius 3 is 2.09 bits per heavy atom. The average Bonchev–Trinajstić information content (AvgIpc) is 3.56. The highest BCUT2D eigenvalue weighted by molar-refractivity contribution is 7.91. The Balaban J connectivity index is 1.24. The molecular weight excluding hydrogens is 590 g/mol. The lowest BCUT2D eigenvalue weighted by atomic mass is 9.96. The second-order valence-corrected chi connectivity index (χ2v) is 12.8. The Hall–Kier alpha value is -4.80. The first-order valence-corrected chi connectivity index (χ1v) is 16.4. The summed E-state index contributed by atoms with van der Waals surface area (Å²) >= 11 is 0. The molecular formula is C35H33N3O6S. The van der Waals surface area contributed by atoms with E-state index in [1.807, 2.05) is 35.2 Å². The molecule has 0 amide bonds. The zero-order chi connectivity index (χ0) is 30.8. The molecule has 0 saturated carbocycles. The highest BCUT2D eigenvalue weighted by Crippen LogP contribution is 2.39. The van der Waals surface area contributed by atoms with Crippen LogP contribution in [0.5, 0.6) is 17.2 Å². The number of benzene rings is 4. The summed E-state index contributed by atoms with van der Waals surface area (Å²) in [5.74, 6) is 1.94. The van der Waals surface area contributed by atoms with Crippen molar-refractivity contribution in [3.05, 3.63) is 114 Å². The van der Waals surface area contributed by atoms with Gasteiger partial charge >= 0.3 is 0 Å². The molecule has 1 saturated heterocycles. The first-order valence-electron chi connectivity index (χ1n) is 14.9. The predicted molar refractivity (Wildman–Crippen MR) is 170 cm³/mol. The molecule has 2 aliphatic rings. The summed E-state index contributed by atoms with van der Waals surface area (Å²) in [5.41, 5.74) is 3.03. The molecule has 2 aliphatic heterocycles. The van der Waals surface area contributed by atoms with Crippen molar-refractivity contribution >= 4 is 15.7 Å². The van der Waals surface area contributed by atoms with E-state index in [0.717, 1.165) is 0 Å². The van der Waals surface area contributed by atoms with Crippen molar-refractivity contribution in [2.75, 3.05) is 51.4 Å². The van der Waals surface area contributed by atoms with Gasteiger partial charge in [-0.2, -0.15) is 4.98 Å². The van der Waals surface area contributed by atoms with E-state index in [2.05, 4.69) is 58.4 Å². The Morgan fingerprint density at radius 1 is 0.756 bits per heavy atom. The molecule has 1 fully saturated rings. The van der Waals surface area contributed by atoms with E-state index in [1.165, 1.54) is 23.3 Å². The van der Waals surface area contributed by atoms with Crippen LogP contribution in [0.25, 0.3) is 11.5 Å². The fraction of sp³-hybridized carbons (Fsp3) is 0.229. The lowest BCUT2D eigenvalue weighted by Gasteiger charge is -2.39. The maximum atomic E-state index is 14.2. The van der Waals surface area contributed by atoms with Crippen LogP contribution in [-0.4, -0.2) is 64.8 Å². The second-order valence-electron chi connectivity index (χ2n) is 10.9. The zero-order valence-electron chi connectivity index (χ0n) is 24.8. The van der Waals surface area contributed by atoms with Crippen LogP contribution < -0.4 is 19.1 Å². The van der Waals surface area contributed by atoms with Crippen molar-refractivity contribution in [2.24, 2.45) is 0 Å². The maximum Gasteiger partial charge on any atom is 0.236 e. The van der Waals surface area contributed by atoms with Gasteiger partial charge in [-0.3, -0.25) is 4.90 Å². The molecule has 4 aromatic carbocycles. The van der Waals surface area contributed by atoms with Crippen LogP contribution in [0.3, 0.4) is 0 Å². The second kappa shape index (κ2) is 12.3. The number of fused-ring (bicyclic) bond motifs is 1. The third-order valence-corrected chi connectivity index (χ3v) is 9.82. The first kappa shape index (κ1) is 28.9. The van der Waals surface area contributed by atoms with Crippen molar-refractivity contribution in [2.45, 2.75) is 16.0 Å². The van der Waals surface area contributed by atoms with E-state index >= 15 is 0 Å². The van der Waals surface area contributed by atoms with Crippen molar-refractivity contribution in [1.82, 2.24) is 9.88 Å². The summed E-state index contributed by atoms with van der Waals surface area (Å²) in [6.45, 7) is 3.24. The van der Waals surface area contributed by atoms with E-state index < -0.39 is 9.84 Å². The molecule has 7 rings (SSSR count). The minimum absolute atomic E-state index is 0.0605. The topological polar surface area (TPSA) is 94.3 Å². The standard InChI is InChI=1S/C35H33N3O6S/c1-41-28-14-8-13-27(23-28)33-36-34(45(39,40)29-15-16-30-31(24-29)43-22-21-42-30)35(44-33)38-19-17-37(18-20-38)32(25-9-4-2-5-10-25)26-11-6-3-7-12-26/h2-16,23-24,32H,17-22H2,1H3. The molecule has 230 valence electrons. The van der Waals surface area contributed by atoms with Crippen LogP contribution in [-0.2, 0) is 9.84 Å². The van der Waals surface area contributed by atoms with Crippen LogP contribution >= 0.6 is 0 Å². The van der Waals surface area contributed by atoms with Gasteiger partial charge in [0, 0.05) is 37.8 Å². The third kappa shape index (κ3) is 5.74. The summed E-state index contributed by atoms with van der Waals surface area (Å²) in [4.78, 5) is 9.07. The molecule has 3 heterocycles. The number of oxazole rings is 1. The van der Waals surface area contributed by atoms with Gasteiger partial charge in [0.15, 0.2) is 11.5 Å². The number of ether oxygens (including phenoxy) is 3. The van der Waals surface area contributed by atoms with Crippen molar-refractivity contribution in [1.29, 1.82) is 0 Å². The van der Waals surface area contributed by atoms with Crippen LogP contribution in [0.1, 0.15) is 17.2 Å². The molecule has 0 spiro atoms. The molecule has 9 nitrogen and oxygen atoms in total. The monoisotopic (exact) mass is 623 g/mol. The minimum atomic E-state index is -4.10. The molecule has 0 atom stereocenters. The molecule has 0 N–H and O–H groups in total. The van der Waals surface area contributed by atoms with E-state index in [1.54, 1.807) is 19.2 Å². The molecule has 10 heteroatoms. The first-order chi connectivity index (χ1) is 22.0. The number of piperazine rings is 1. The number of nitrogens with zero attached hydrogens (tertiary/aromatic N) is 3. The number of anilines is 1. The maximum absolute atomic E-state index is 14.2. The molecule has 0 aliphatic carbocycles. The van der Waals surface area contributed by atoms with Gasteiger partial charge in [0.05, 0.1) is 18.0 Å². The van der Waals surface area contributed by atoms with Crippen molar-refractivity contribution < 1.29 is 27.0 Å². The van der Waals surface area contributed by atoms with Gasteiger partial charge in [-0.1, -0.05) is 66.7 Å². The Bertz CT molecular complexity index is 1850.